The van der Waals surface area contributed by atoms with E-state index >= 15 is 0 Å². The average Bonchev–Trinajstić information content (AvgIpc) is 3.24. The molecule has 3 aliphatic rings. The lowest BCUT2D eigenvalue weighted by Crippen LogP contribution is -2.51. The fraction of sp³-hybridized carbons (Fsp3) is 1.00. The summed E-state index contributed by atoms with van der Waals surface area (Å²) in [7, 11) is 0. The molecule has 0 spiro atoms. The van der Waals surface area contributed by atoms with E-state index in [4.69, 9.17) is 0 Å². The first kappa shape index (κ1) is 12.9. The smallest absolute Gasteiger partial charge is 0.0113 e. The predicted molar refractivity (Wildman–Crippen MR) is 76.8 cm³/mol. The van der Waals surface area contributed by atoms with E-state index in [1.54, 1.807) is 0 Å². The van der Waals surface area contributed by atoms with Crippen LogP contribution in [0.15, 0.2) is 0 Å². The highest BCUT2D eigenvalue weighted by Gasteiger charge is 2.30. The van der Waals surface area contributed by atoms with Crippen LogP contribution in [0.2, 0.25) is 0 Å². The molecule has 0 aromatic carbocycles. The van der Waals surface area contributed by atoms with Gasteiger partial charge in [0.05, 0.1) is 0 Å². The Morgan fingerprint density at radius 2 is 1.39 bits per heavy atom. The van der Waals surface area contributed by atoms with Gasteiger partial charge in [-0.05, 0) is 50.4 Å². The van der Waals surface area contributed by atoms with Crippen molar-refractivity contribution in [3.8, 4) is 0 Å². The summed E-state index contributed by atoms with van der Waals surface area (Å²) < 4.78 is 0. The number of rotatable bonds is 4. The molecule has 3 rings (SSSR count). The van der Waals surface area contributed by atoms with Crippen molar-refractivity contribution in [1.29, 1.82) is 0 Å². The van der Waals surface area contributed by atoms with Crippen molar-refractivity contribution in [1.82, 2.24) is 9.80 Å². The van der Waals surface area contributed by atoms with E-state index in [1.807, 2.05) is 0 Å². The minimum Gasteiger partial charge on any atom is -0.301 e. The van der Waals surface area contributed by atoms with Crippen molar-refractivity contribution in [3.05, 3.63) is 0 Å². The van der Waals surface area contributed by atoms with Gasteiger partial charge in [-0.25, -0.2) is 0 Å². The van der Waals surface area contributed by atoms with Crippen LogP contribution in [0.3, 0.4) is 0 Å². The van der Waals surface area contributed by atoms with Crippen LogP contribution in [0.25, 0.3) is 0 Å². The third-order valence-electron chi connectivity index (χ3n) is 5.53. The van der Waals surface area contributed by atoms with Crippen molar-refractivity contribution < 1.29 is 0 Å². The molecule has 0 amide bonds. The van der Waals surface area contributed by atoms with Gasteiger partial charge in [-0.3, -0.25) is 4.90 Å². The number of piperazine rings is 1. The van der Waals surface area contributed by atoms with Crippen molar-refractivity contribution in [3.63, 3.8) is 0 Å². The molecule has 1 heterocycles. The molecule has 18 heavy (non-hydrogen) atoms. The molecule has 0 aromatic heterocycles. The van der Waals surface area contributed by atoms with Crippen LogP contribution in [-0.2, 0) is 0 Å². The van der Waals surface area contributed by atoms with Crippen molar-refractivity contribution in [2.24, 2.45) is 11.8 Å². The highest BCUT2D eigenvalue weighted by Crippen LogP contribution is 2.32. The predicted octanol–water partition coefficient (Wildman–Crippen LogP) is 2.98. The number of nitrogens with zero attached hydrogens (tertiary/aromatic N) is 2. The Balaban J connectivity index is 1.39. The first-order valence-electron chi connectivity index (χ1n) is 8.31. The number of hydrogen-bond donors (Lipinski definition) is 0. The molecule has 104 valence electrons. The van der Waals surface area contributed by atoms with Gasteiger partial charge in [0.2, 0.25) is 0 Å². The Morgan fingerprint density at radius 3 is 1.94 bits per heavy atom. The molecular weight excluding hydrogens is 220 g/mol. The minimum absolute atomic E-state index is 0.927. The monoisotopic (exact) mass is 250 g/mol. The largest absolute Gasteiger partial charge is 0.301 e. The molecule has 0 aromatic rings. The molecule has 0 atom stereocenters. The molecule has 0 radical (unpaired) electrons. The van der Waals surface area contributed by atoms with E-state index in [0.29, 0.717) is 0 Å². The zero-order chi connectivity index (χ0) is 12.4. The summed E-state index contributed by atoms with van der Waals surface area (Å²) in [6.07, 6.45) is 10.3. The summed E-state index contributed by atoms with van der Waals surface area (Å²) in [6.45, 7) is 9.12. The van der Waals surface area contributed by atoms with E-state index < -0.39 is 0 Å². The molecule has 2 saturated carbocycles. The van der Waals surface area contributed by atoms with Crippen LogP contribution in [0.1, 0.15) is 51.9 Å². The maximum atomic E-state index is 2.80. The van der Waals surface area contributed by atoms with E-state index in [-0.39, 0.29) is 0 Å². The number of hydrogen-bond acceptors (Lipinski definition) is 2. The highest BCUT2D eigenvalue weighted by molar-refractivity contribution is 4.85. The van der Waals surface area contributed by atoms with Gasteiger partial charge in [0, 0.05) is 38.8 Å². The average molecular weight is 250 g/mol. The highest BCUT2D eigenvalue weighted by atomic mass is 15.3. The van der Waals surface area contributed by atoms with Crippen LogP contribution >= 0.6 is 0 Å². The fourth-order valence-electron chi connectivity index (χ4n) is 3.89. The van der Waals surface area contributed by atoms with Crippen LogP contribution < -0.4 is 0 Å². The summed E-state index contributed by atoms with van der Waals surface area (Å²) >= 11 is 0. The quantitative estimate of drug-likeness (QED) is 0.757. The normalized spacial score (nSPS) is 35.8. The van der Waals surface area contributed by atoms with Gasteiger partial charge in [0.25, 0.3) is 0 Å². The maximum absolute atomic E-state index is 2.80. The fourth-order valence-corrected chi connectivity index (χ4v) is 3.89. The van der Waals surface area contributed by atoms with Gasteiger partial charge in [-0.15, -0.1) is 0 Å². The first-order valence-corrected chi connectivity index (χ1v) is 8.31. The summed E-state index contributed by atoms with van der Waals surface area (Å²) in [5, 5.41) is 0. The second-order valence-corrected chi connectivity index (χ2v) is 6.86. The summed E-state index contributed by atoms with van der Waals surface area (Å²) in [5.41, 5.74) is 0. The summed E-state index contributed by atoms with van der Waals surface area (Å²) in [6, 6.07) is 0.927. The second kappa shape index (κ2) is 5.92. The summed E-state index contributed by atoms with van der Waals surface area (Å²) in [5.74, 6) is 2.11. The standard InChI is InChI=1S/C16H30N2/c1-2-14-5-7-16(8-6-14)18-11-9-17(10-12-18)13-15-3-4-15/h14-16H,2-13H2,1H3/t14-,16+. The lowest BCUT2D eigenvalue weighted by molar-refractivity contribution is 0.0682. The van der Waals surface area contributed by atoms with Gasteiger partial charge in [0.15, 0.2) is 0 Å². The van der Waals surface area contributed by atoms with Crippen LogP contribution in [0, 0.1) is 11.8 Å². The maximum Gasteiger partial charge on any atom is 0.0113 e. The van der Waals surface area contributed by atoms with Gasteiger partial charge in [-0.1, -0.05) is 13.3 Å². The minimum atomic E-state index is 0.927. The van der Waals surface area contributed by atoms with E-state index in [1.165, 1.54) is 77.7 Å². The van der Waals surface area contributed by atoms with Gasteiger partial charge in [0.1, 0.15) is 0 Å². The zero-order valence-corrected chi connectivity index (χ0v) is 12.1. The molecule has 2 aliphatic carbocycles. The molecule has 0 unspecified atom stereocenters. The van der Waals surface area contributed by atoms with Crippen LogP contribution in [0.4, 0.5) is 0 Å². The Hall–Kier alpha value is -0.0800. The van der Waals surface area contributed by atoms with Crippen molar-refractivity contribution in [2.45, 2.75) is 57.9 Å². The molecule has 2 nitrogen and oxygen atoms in total. The molecule has 1 saturated heterocycles. The van der Waals surface area contributed by atoms with E-state index in [0.717, 1.165) is 17.9 Å². The van der Waals surface area contributed by atoms with Crippen LogP contribution in [-0.4, -0.2) is 48.6 Å². The van der Waals surface area contributed by atoms with Crippen LogP contribution in [0.5, 0.6) is 0 Å². The Labute approximate surface area is 113 Å². The molecule has 2 heteroatoms. The Bertz CT molecular complexity index is 246. The zero-order valence-electron chi connectivity index (χ0n) is 12.1. The molecule has 0 N–H and O–H groups in total. The lowest BCUT2D eigenvalue weighted by Gasteiger charge is -2.42. The van der Waals surface area contributed by atoms with E-state index in [2.05, 4.69) is 16.7 Å². The van der Waals surface area contributed by atoms with Gasteiger partial charge in [-0.2, -0.15) is 0 Å². The lowest BCUT2D eigenvalue weighted by atomic mass is 9.84. The van der Waals surface area contributed by atoms with Crippen molar-refractivity contribution >= 4 is 0 Å². The second-order valence-electron chi connectivity index (χ2n) is 6.86. The Kier molecular flexibility index (Phi) is 4.25. The molecule has 1 aliphatic heterocycles. The van der Waals surface area contributed by atoms with Gasteiger partial charge < -0.3 is 4.90 Å². The third-order valence-corrected chi connectivity index (χ3v) is 5.53. The van der Waals surface area contributed by atoms with Crippen molar-refractivity contribution in [2.75, 3.05) is 32.7 Å². The summed E-state index contributed by atoms with van der Waals surface area (Å²) in [4.78, 5) is 5.51. The molecule has 3 fully saturated rings. The SMILES string of the molecule is CC[C@H]1CC[C@@H](N2CCN(CC3CC3)CC2)CC1. The Morgan fingerprint density at radius 1 is 0.778 bits per heavy atom. The third kappa shape index (κ3) is 3.27. The first-order chi connectivity index (χ1) is 8.85. The molecular formula is C16H30N2. The topological polar surface area (TPSA) is 6.48 Å². The van der Waals surface area contributed by atoms with E-state index in [9.17, 15) is 0 Å². The van der Waals surface area contributed by atoms with Gasteiger partial charge >= 0.3 is 0 Å². The molecule has 0 bridgehead atoms.